The summed E-state index contributed by atoms with van der Waals surface area (Å²) >= 11 is 0. The van der Waals surface area contributed by atoms with Gasteiger partial charge < -0.3 is 4.79 Å². The Morgan fingerprint density at radius 1 is 1.62 bits per heavy atom. The Kier molecular flexibility index (Phi) is 1.66. The van der Waals surface area contributed by atoms with E-state index in [1.165, 1.54) is 12.8 Å². The van der Waals surface area contributed by atoms with E-state index in [4.69, 9.17) is 0 Å². The van der Waals surface area contributed by atoms with Crippen LogP contribution in [-0.2, 0) is 4.79 Å². The quantitative estimate of drug-likeness (QED) is 0.496. The molecule has 0 heterocycles. The van der Waals surface area contributed by atoms with Gasteiger partial charge in [0.25, 0.3) is 0 Å². The number of carbonyl (C=O) groups excluding carboxylic acids is 1. The number of hydrogen-bond acceptors (Lipinski definition) is 1. The van der Waals surface area contributed by atoms with Crippen LogP contribution in [0.4, 0.5) is 0 Å². The summed E-state index contributed by atoms with van der Waals surface area (Å²) in [7, 11) is 0. The van der Waals surface area contributed by atoms with Crippen molar-refractivity contribution in [3.05, 3.63) is 0 Å². The summed E-state index contributed by atoms with van der Waals surface area (Å²) in [6.07, 6.45) is 4.44. The molecule has 0 radical (unpaired) electrons. The smallest absolute Gasteiger partial charge is 0.120 e. The maximum absolute atomic E-state index is 9.95. The second kappa shape index (κ2) is 2.29. The van der Waals surface area contributed by atoms with E-state index in [2.05, 4.69) is 6.92 Å². The lowest BCUT2D eigenvalue weighted by molar-refractivity contribution is -0.109. The third-order valence-electron chi connectivity index (χ3n) is 2.20. The molecule has 1 saturated carbocycles. The largest absolute Gasteiger partial charge is 0.303 e. The number of hydrogen-bond donors (Lipinski definition) is 0. The summed E-state index contributed by atoms with van der Waals surface area (Å²) < 4.78 is 0. The summed E-state index contributed by atoms with van der Waals surface area (Å²) in [5, 5.41) is 0. The molecule has 0 aromatic carbocycles. The molecular formula is C7H12O. The third-order valence-corrected chi connectivity index (χ3v) is 2.20. The van der Waals surface area contributed by atoms with Crippen molar-refractivity contribution in [3.8, 4) is 0 Å². The molecule has 0 amide bonds. The highest BCUT2D eigenvalue weighted by molar-refractivity contribution is 5.50. The van der Waals surface area contributed by atoms with Crippen molar-refractivity contribution < 1.29 is 4.79 Å². The van der Waals surface area contributed by atoms with Gasteiger partial charge in [0.1, 0.15) is 6.29 Å². The molecule has 1 aliphatic rings. The fourth-order valence-electron chi connectivity index (χ4n) is 1.21. The zero-order valence-corrected chi connectivity index (χ0v) is 5.26. The lowest BCUT2D eigenvalue weighted by Gasteiger charge is -2.32. The maximum atomic E-state index is 9.95. The van der Waals surface area contributed by atoms with E-state index in [0.717, 1.165) is 24.5 Å². The summed E-state index contributed by atoms with van der Waals surface area (Å²) in [5.74, 6) is 1.55. The van der Waals surface area contributed by atoms with E-state index in [0.29, 0.717) is 0 Å². The van der Waals surface area contributed by atoms with Gasteiger partial charge in [-0.05, 0) is 18.3 Å². The second-order valence-electron chi connectivity index (χ2n) is 2.72. The number of carbonyl (C=O) groups is 1. The minimum Gasteiger partial charge on any atom is -0.303 e. The number of aldehydes is 1. The molecule has 1 nitrogen and oxygen atoms in total. The van der Waals surface area contributed by atoms with Gasteiger partial charge in [0.15, 0.2) is 0 Å². The van der Waals surface area contributed by atoms with E-state index in [1.807, 2.05) is 0 Å². The average Bonchev–Trinajstić information content (AvgIpc) is 1.79. The van der Waals surface area contributed by atoms with Crippen LogP contribution < -0.4 is 0 Å². The first-order valence-electron chi connectivity index (χ1n) is 3.28. The van der Waals surface area contributed by atoms with Crippen molar-refractivity contribution in [1.29, 1.82) is 0 Å². The van der Waals surface area contributed by atoms with Crippen LogP contribution in [0.25, 0.3) is 0 Å². The van der Waals surface area contributed by atoms with Gasteiger partial charge in [-0.25, -0.2) is 0 Å². The summed E-state index contributed by atoms with van der Waals surface area (Å²) in [6.45, 7) is 2.22. The molecule has 8 heavy (non-hydrogen) atoms. The van der Waals surface area contributed by atoms with Crippen molar-refractivity contribution in [2.24, 2.45) is 11.8 Å². The number of rotatable bonds is 2. The van der Waals surface area contributed by atoms with E-state index < -0.39 is 0 Å². The minimum atomic E-state index is 0.729. The van der Waals surface area contributed by atoms with Crippen LogP contribution in [0.3, 0.4) is 0 Å². The zero-order valence-electron chi connectivity index (χ0n) is 5.26. The van der Waals surface area contributed by atoms with E-state index in [9.17, 15) is 4.79 Å². The standard InChI is InChI=1S/C7H12O/c1-6-2-3-7(6)4-5-8/h5-7H,2-4H2,1H3. The van der Waals surface area contributed by atoms with E-state index in [-0.39, 0.29) is 0 Å². The lowest BCUT2D eigenvalue weighted by atomic mass is 9.73. The molecule has 0 aromatic heterocycles. The molecule has 0 aromatic rings. The Balaban J connectivity index is 2.16. The van der Waals surface area contributed by atoms with Crippen LogP contribution in [0.2, 0.25) is 0 Å². The lowest BCUT2D eigenvalue weighted by Crippen LogP contribution is -2.22. The summed E-state index contributed by atoms with van der Waals surface area (Å²) in [4.78, 5) is 9.95. The molecule has 0 N–H and O–H groups in total. The maximum Gasteiger partial charge on any atom is 0.120 e. The summed E-state index contributed by atoms with van der Waals surface area (Å²) in [6, 6.07) is 0. The van der Waals surface area contributed by atoms with Gasteiger partial charge >= 0.3 is 0 Å². The Morgan fingerprint density at radius 3 is 2.50 bits per heavy atom. The van der Waals surface area contributed by atoms with E-state index in [1.54, 1.807) is 0 Å². The van der Waals surface area contributed by atoms with Gasteiger partial charge in [0.2, 0.25) is 0 Å². The van der Waals surface area contributed by atoms with Crippen LogP contribution in [0.15, 0.2) is 0 Å². The van der Waals surface area contributed by atoms with Crippen LogP contribution in [0.1, 0.15) is 26.2 Å². The first-order chi connectivity index (χ1) is 3.84. The fourth-order valence-corrected chi connectivity index (χ4v) is 1.21. The van der Waals surface area contributed by atoms with Crippen molar-refractivity contribution in [3.63, 3.8) is 0 Å². The molecule has 0 spiro atoms. The molecule has 46 valence electrons. The SMILES string of the molecule is CC1CCC1CC=O. The first-order valence-corrected chi connectivity index (χ1v) is 3.28. The fraction of sp³-hybridized carbons (Fsp3) is 0.857. The first kappa shape index (κ1) is 5.80. The highest BCUT2D eigenvalue weighted by Crippen LogP contribution is 2.35. The average molecular weight is 112 g/mol. The molecule has 0 saturated heterocycles. The normalized spacial score (nSPS) is 36.1. The predicted octanol–water partition coefficient (Wildman–Crippen LogP) is 1.62. The van der Waals surface area contributed by atoms with E-state index >= 15 is 0 Å². The molecule has 0 aliphatic heterocycles. The zero-order chi connectivity index (χ0) is 5.98. The highest BCUT2D eigenvalue weighted by Gasteiger charge is 2.25. The topological polar surface area (TPSA) is 17.1 Å². The molecule has 1 rings (SSSR count). The molecule has 2 atom stereocenters. The Labute approximate surface area is 50.1 Å². The van der Waals surface area contributed by atoms with Crippen LogP contribution in [-0.4, -0.2) is 6.29 Å². The van der Waals surface area contributed by atoms with Gasteiger partial charge in [-0.2, -0.15) is 0 Å². The van der Waals surface area contributed by atoms with Crippen molar-refractivity contribution in [2.75, 3.05) is 0 Å². The van der Waals surface area contributed by atoms with Crippen LogP contribution in [0, 0.1) is 11.8 Å². The van der Waals surface area contributed by atoms with Crippen molar-refractivity contribution in [1.82, 2.24) is 0 Å². The molecular weight excluding hydrogens is 100 g/mol. The Morgan fingerprint density at radius 2 is 2.38 bits per heavy atom. The highest BCUT2D eigenvalue weighted by atomic mass is 16.1. The van der Waals surface area contributed by atoms with Gasteiger partial charge in [-0.3, -0.25) is 0 Å². The Hall–Kier alpha value is -0.330. The monoisotopic (exact) mass is 112 g/mol. The predicted molar refractivity (Wildman–Crippen MR) is 32.6 cm³/mol. The molecule has 1 fully saturated rings. The molecule has 1 aliphatic carbocycles. The van der Waals surface area contributed by atoms with Crippen molar-refractivity contribution in [2.45, 2.75) is 26.2 Å². The Bertz CT molecular complexity index is 88.4. The molecule has 1 heteroatoms. The van der Waals surface area contributed by atoms with Crippen LogP contribution >= 0.6 is 0 Å². The van der Waals surface area contributed by atoms with Gasteiger partial charge in [-0.15, -0.1) is 0 Å². The molecule has 2 unspecified atom stereocenters. The minimum absolute atomic E-state index is 0.729. The third kappa shape index (κ3) is 0.908. The second-order valence-corrected chi connectivity index (χ2v) is 2.72. The van der Waals surface area contributed by atoms with Crippen LogP contribution in [0.5, 0.6) is 0 Å². The summed E-state index contributed by atoms with van der Waals surface area (Å²) in [5.41, 5.74) is 0. The van der Waals surface area contributed by atoms with Gasteiger partial charge in [-0.1, -0.05) is 13.3 Å². The molecule has 0 bridgehead atoms. The van der Waals surface area contributed by atoms with Gasteiger partial charge in [0, 0.05) is 6.42 Å². The van der Waals surface area contributed by atoms with Crippen molar-refractivity contribution >= 4 is 6.29 Å². The van der Waals surface area contributed by atoms with Gasteiger partial charge in [0.05, 0.1) is 0 Å².